The van der Waals surface area contributed by atoms with E-state index in [1.54, 1.807) is 18.2 Å². The third-order valence-corrected chi connectivity index (χ3v) is 3.89. The van der Waals surface area contributed by atoms with Gasteiger partial charge in [0, 0.05) is 16.1 Å². The highest BCUT2D eigenvalue weighted by atomic mass is 35.5. The van der Waals surface area contributed by atoms with Crippen molar-refractivity contribution in [1.29, 1.82) is 0 Å². The van der Waals surface area contributed by atoms with E-state index in [1.807, 2.05) is 0 Å². The van der Waals surface area contributed by atoms with Crippen molar-refractivity contribution >= 4 is 46.6 Å². The Balaban J connectivity index is 2.51. The number of aliphatic hydroxyl groups is 1. The molecule has 4 nitrogen and oxygen atoms in total. The zero-order valence-corrected chi connectivity index (χ0v) is 12.7. The minimum absolute atomic E-state index is 0.202. The zero-order valence-electron chi connectivity index (χ0n) is 10.5. The third-order valence-electron chi connectivity index (χ3n) is 2.83. The zero-order chi connectivity index (χ0) is 15.6. The smallest absolute Gasteiger partial charge is 0.409 e. The number of rotatable bonds is 3. The molecule has 0 saturated heterocycles. The Hall–Kier alpha value is -1.46. The van der Waals surface area contributed by atoms with Crippen molar-refractivity contribution in [1.82, 2.24) is 0 Å². The van der Waals surface area contributed by atoms with Crippen LogP contribution in [-0.4, -0.2) is 16.3 Å². The Kier molecular flexibility index (Phi) is 4.96. The van der Waals surface area contributed by atoms with Gasteiger partial charge in [-0.25, -0.2) is 4.79 Å². The number of hydrogen-bond acceptors (Lipinski definition) is 2. The van der Waals surface area contributed by atoms with Gasteiger partial charge in [0.15, 0.2) is 0 Å². The fraction of sp³-hybridized carbons (Fsp3) is 0.0714. The molecule has 2 aromatic carbocycles. The number of carboxylic acid groups (broad SMARTS) is 1. The number of amides is 1. The van der Waals surface area contributed by atoms with Crippen LogP contribution in [0.5, 0.6) is 0 Å². The summed E-state index contributed by atoms with van der Waals surface area (Å²) in [6.07, 6.45) is -2.42. The molecular formula is C14H10Cl3NO3. The van der Waals surface area contributed by atoms with Gasteiger partial charge in [-0.05, 0) is 24.3 Å². The van der Waals surface area contributed by atoms with Gasteiger partial charge in [-0.2, -0.15) is 0 Å². The fourth-order valence-electron chi connectivity index (χ4n) is 1.89. The second kappa shape index (κ2) is 6.54. The van der Waals surface area contributed by atoms with Crippen molar-refractivity contribution < 1.29 is 15.0 Å². The summed E-state index contributed by atoms with van der Waals surface area (Å²) in [4.78, 5) is 10.8. The quantitative estimate of drug-likeness (QED) is 0.746. The van der Waals surface area contributed by atoms with E-state index in [0.717, 1.165) is 0 Å². The normalized spacial score (nSPS) is 12.0. The maximum Gasteiger partial charge on any atom is 0.409 e. The number of benzene rings is 2. The summed E-state index contributed by atoms with van der Waals surface area (Å²) in [6.45, 7) is 0. The van der Waals surface area contributed by atoms with E-state index in [4.69, 9.17) is 39.9 Å². The molecule has 0 aliphatic rings. The summed E-state index contributed by atoms with van der Waals surface area (Å²) >= 11 is 17.9. The van der Waals surface area contributed by atoms with E-state index < -0.39 is 12.2 Å². The maximum absolute atomic E-state index is 10.8. The molecule has 21 heavy (non-hydrogen) atoms. The van der Waals surface area contributed by atoms with Crippen molar-refractivity contribution in [2.45, 2.75) is 6.10 Å². The lowest BCUT2D eigenvalue weighted by molar-refractivity contribution is 0.209. The van der Waals surface area contributed by atoms with Crippen LogP contribution in [0.15, 0.2) is 36.4 Å². The van der Waals surface area contributed by atoms with Gasteiger partial charge >= 0.3 is 6.09 Å². The Bertz CT molecular complexity index is 691. The Morgan fingerprint density at radius 3 is 2.48 bits per heavy atom. The molecule has 0 fully saturated rings. The molecule has 1 unspecified atom stereocenters. The van der Waals surface area contributed by atoms with Gasteiger partial charge < -0.3 is 10.2 Å². The molecule has 7 heteroatoms. The van der Waals surface area contributed by atoms with Crippen LogP contribution in [0.3, 0.4) is 0 Å². The van der Waals surface area contributed by atoms with Gasteiger partial charge in [0.2, 0.25) is 0 Å². The molecule has 0 aromatic heterocycles. The summed E-state index contributed by atoms with van der Waals surface area (Å²) in [5.41, 5.74) is 0.865. The topological polar surface area (TPSA) is 69.6 Å². The predicted octanol–water partition coefficient (Wildman–Crippen LogP) is 4.82. The number of halogens is 3. The largest absolute Gasteiger partial charge is 0.465 e. The van der Waals surface area contributed by atoms with E-state index >= 15 is 0 Å². The van der Waals surface area contributed by atoms with Gasteiger partial charge in [0.25, 0.3) is 0 Å². The standard InChI is InChI=1S/C14H10Cl3NO3/c15-7-4-5-11(18-14(20)21)9(6-7)13(19)8-2-1-3-10(16)12(8)17/h1-6,13,18-19H,(H,20,21). The molecule has 0 radical (unpaired) electrons. The number of nitrogens with one attached hydrogen (secondary N) is 1. The lowest BCUT2D eigenvalue weighted by Gasteiger charge is -2.17. The van der Waals surface area contributed by atoms with Crippen molar-refractivity contribution in [3.63, 3.8) is 0 Å². The van der Waals surface area contributed by atoms with Crippen LogP contribution < -0.4 is 5.32 Å². The Morgan fingerprint density at radius 2 is 1.81 bits per heavy atom. The van der Waals surface area contributed by atoms with Crippen LogP contribution in [-0.2, 0) is 0 Å². The number of anilines is 1. The summed E-state index contributed by atoms with van der Waals surface area (Å²) in [5, 5.41) is 22.4. The molecule has 0 aliphatic carbocycles. The monoisotopic (exact) mass is 345 g/mol. The van der Waals surface area contributed by atoms with E-state index in [2.05, 4.69) is 5.32 Å². The molecule has 0 aliphatic heterocycles. The van der Waals surface area contributed by atoms with Crippen LogP contribution in [0.2, 0.25) is 15.1 Å². The average Bonchev–Trinajstić information content (AvgIpc) is 2.42. The van der Waals surface area contributed by atoms with E-state index in [-0.39, 0.29) is 16.3 Å². The van der Waals surface area contributed by atoms with Crippen LogP contribution >= 0.6 is 34.8 Å². The first kappa shape index (κ1) is 15.9. The second-order valence-electron chi connectivity index (χ2n) is 4.21. The molecule has 1 amide bonds. The lowest BCUT2D eigenvalue weighted by Crippen LogP contribution is -2.12. The number of hydrogen-bond donors (Lipinski definition) is 3. The number of aliphatic hydroxyl groups excluding tert-OH is 1. The summed E-state index contributed by atoms with van der Waals surface area (Å²) in [5.74, 6) is 0. The highest BCUT2D eigenvalue weighted by Crippen LogP contribution is 2.36. The van der Waals surface area contributed by atoms with Crippen LogP contribution in [0.1, 0.15) is 17.2 Å². The third kappa shape index (κ3) is 3.60. The molecule has 0 heterocycles. The van der Waals surface area contributed by atoms with Crippen molar-refractivity contribution in [3.8, 4) is 0 Å². The molecule has 2 rings (SSSR count). The molecular weight excluding hydrogens is 337 g/mol. The SMILES string of the molecule is O=C(O)Nc1ccc(Cl)cc1C(O)c1cccc(Cl)c1Cl. The first-order valence-corrected chi connectivity index (χ1v) is 6.95. The van der Waals surface area contributed by atoms with Gasteiger partial charge in [-0.1, -0.05) is 46.9 Å². The first-order chi connectivity index (χ1) is 9.90. The predicted molar refractivity (Wildman–Crippen MR) is 83.6 cm³/mol. The van der Waals surface area contributed by atoms with E-state index in [1.165, 1.54) is 18.2 Å². The first-order valence-electron chi connectivity index (χ1n) is 5.81. The van der Waals surface area contributed by atoms with Gasteiger partial charge in [0.1, 0.15) is 6.10 Å². The van der Waals surface area contributed by atoms with E-state index in [0.29, 0.717) is 15.6 Å². The van der Waals surface area contributed by atoms with Crippen LogP contribution in [0.25, 0.3) is 0 Å². The molecule has 0 spiro atoms. The highest BCUT2D eigenvalue weighted by molar-refractivity contribution is 6.42. The van der Waals surface area contributed by atoms with Crippen LogP contribution in [0.4, 0.5) is 10.5 Å². The minimum atomic E-state index is -1.25. The van der Waals surface area contributed by atoms with Crippen molar-refractivity contribution in [2.24, 2.45) is 0 Å². The Labute approximate surface area is 135 Å². The van der Waals surface area contributed by atoms with Crippen molar-refractivity contribution in [2.75, 3.05) is 5.32 Å². The van der Waals surface area contributed by atoms with Gasteiger partial charge in [0.05, 0.1) is 15.7 Å². The summed E-state index contributed by atoms with van der Waals surface area (Å²) < 4.78 is 0. The second-order valence-corrected chi connectivity index (χ2v) is 5.43. The molecule has 3 N–H and O–H groups in total. The molecule has 110 valence electrons. The number of carbonyl (C=O) groups is 1. The lowest BCUT2D eigenvalue weighted by atomic mass is 10.00. The summed E-state index contributed by atoms with van der Waals surface area (Å²) in [7, 11) is 0. The van der Waals surface area contributed by atoms with E-state index in [9.17, 15) is 9.90 Å². The average molecular weight is 347 g/mol. The van der Waals surface area contributed by atoms with Crippen LogP contribution in [0, 0.1) is 0 Å². The molecule has 2 aromatic rings. The Morgan fingerprint density at radius 1 is 1.10 bits per heavy atom. The molecule has 0 bridgehead atoms. The summed E-state index contributed by atoms with van der Waals surface area (Å²) in [6, 6.07) is 9.28. The molecule has 0 saturated carbocycles. The fourth-order valence-corrected chi connectivity index (χ4v) is 2.48. The molecule has 1 atom stereocenters. The minimum Gasteiger partial charge on any atom is -0.465 e. The highest BCUT2D eigenvalue weighted by Gasteiger charge is 2.20. The van der Waals surface area contributed by atoms with Crippen molar-refractivity contribution in [3.05, 3.63) is 62.6 Å². The maximum atomic E-state index is 10.8. The van der Waals surface area contributed by atoms with Gasteiger partial charge in [-0.15, -0.1) is 0 Å². The van der Waals surface area contributed by atoms with Gasteiger partial charge in [-0.3, -0.25) is 5.32 Å².